The van der Waals surface area contributed by atoms with Gasteiger partial charge in [-0.05, 0) is 41.6 Å². The van der Waals surface area contributed by atoms with E-state index in [0.29, 0.717) is 42.9 Å². The van der Waals surface area contributed by atoms with E-state index in [1.807, 2.05) is 12.1 Å². The molecular formula is C17H10Cl2N2O3S. The Bertz CT molecular complexity index is 943. The second kappa shape index (κ2) is 6.63. The molecule has 2 heterocycles. The largest absolute Gasteiger partial charge is 0.454 e. The molecule has 0 aliphatic carbocycles. The Labute approximate surface area is 157 Å². The molecule has 0 atom stereocenters. The van der Waals surface area contributed by atoms with E-state index >= 15 is 0 Å². The van der Waals surface area contributed by atoms with E-state index in [1.54, 1.807) is 30.3 Å². The molecule has 1 amide bonds. The number of amidine groups is 1. The first kappa shape index (κ1) is 16.3. The molecule has 1 saturated heterocycles. The average molecular weight is 393 g/mol. The maximum atomic E-state index is 12.2. The molecule has 2 aliphatic rings. The van der Waals surface area contributed by atoms with Gasteiger partial charge in [-0.1, -0.05) is 35.3 Å². The zero-order valence-corrected chi connectivity index (χ0v) is 14.9. The number of nitrogens with one attached hydrogen (secondary N) is 1. The number of hydrogen-bond donors (Lipinski definition) is 1. The minimum atomic E-state index is -0.246. The Hall–Kier alpha value is -2.15. The van der Waals surface area contributed by atoms with Gasteiger partial charge in [0, 0.05) is 6.07 Å². The lowest BCUT2D eigenvalue weighted by Gasteiger charge is -2.02. The number of ether oxygens (including phenoxy) is 2. The van der Waals surface area contributed by atoms with Gasteiger partial charge in [0.2, 0.25) is 6.79 Å². The zero-order chi connectivity index (χ0) is 17.4. The fourth-order valence-corrected chi connectivity index (χ4v) is 3.53. The number of hydrogen-bond acceptors (Lipinski definition) is 5. The highest BCUT2D eigenvalue weighted by molar-refractivity contribution is 8.18. The van der Waals surface area contributed by atoms with Crippen LogP contribution in [0.4, 0.5) is 5.69 Å². The number of halogens is 2. The van der Waals surface area contributed by atoms with Gasteiger partial charge in [0.25, 0.3) is 5.91 Å². The summed E-state index contributed by atoms with van der Waals surface area (Å²) in [7, 11) is 0. The van der Waals surface area contributed by atoms with Gasteiger partial charge < -0.3 is 14.8 Å². The fraction of sp³-hybridized carbons (Fsp3) is 0.0588. The summed E-state index contributed by atoms with van der Waals surface area (Å²) in [5.74, 6) is 0.950. The maximum absolute atomic E-state index is 12.2. The third kappa shape index (κ3) is 3.33. The van der Waals surface area contributed by atoms with E-state index in [0.717, 1.165) is 0 Å². The summed E-state index contributed by atoms with van der Waals surface area (Å²) >= 11 is 13.6. The molecule has 126 valence electrons. The minimum absolute atomic E-state index is 0.162. The predicted octanol–water partition coefficient (Wildman–Crippen LogP) is 4.61. The number of thioether (sulfide) groups is 1. The maximum Gasteiger partial charge on any atom is 0.264 e. The molecule has 0 bridgehead atoms. The molecule has 2 aliphatic heterocycles. The van der Waals surface area contributed by atoms with Crippen molar-refractivity contribution in [1.29, 1.82) is 0 Å². The van der Waals surface area contributed by atoms with E-state index < -0.39 is 0 Å². The third-order valence-corrected chi connectivity index (χ3v) is 5.06. The summed E-state index contributed by atoms with van der Waals surface area (Å²) in [5, 5.41) is 4.17. The summed E-state index contributed by atoms with van der Waals surface area (Å²) in [6, 6.07) is 10.6. The van der Waals surface area contributed by atoms with Crippen LogP contribution in [0.2, 0.25) is 10.0 Å². The van der Waals surface area contributed by atoms with Crippen LogP contribution in [0.25, 0.3) is 6.08 Å². The average Bonchev–Trinajstić information content (AvgIpc) is 3.16. The van der Waals surface area contributed by atoms with Gasteiger partial charge in [-0.2, -0.15) is 0 Å². The number of fused-ring (bicyclic) bond motifs is 1. The summed E-state index contributed by atoms with van der Waals surface area (Å²) in [5.41, 5.74) is 1.26. The SMILES string of the molecule is O=C1NC(=Nc2ccccc2Cl)S/C1=C\c1cc2c(cc1Cl)OCO2. The van der Waals surface area contributed by atoms with Gasteiger partial charge in [0.05, 0.1) is 20.6 Å². The van der Waals surface area contributed by atoms with Crippen molar-refractivity contribution in [3.8, 4) is 11.5 Å². The van der Waals surface area contributed by atoms with E-state index in [2.05, 4.69) is 10.3 Å². The number of amides is 1. The first-order valence-electron chi connectivity index (χ1n) is 7.23. The lowest BCUT2D eigenvalue weighted by molar-refractivity contribution is -0.115. The summed E-state index contributed by atoms with van der Waals surface area (Å²) in [6.07, 6.45) is 1.69. The van der Waals surface area contributed by atoms with Gasteiger partial charge in [-0.15, -0.1) is 0 Å². The molecule has 25 heavy (non-hydrogen) atoms. The van der Waals surface area contributed by atoms with Crippen LogP contribution in [0.1, 0.15) is 5.56 Å². The van der Waals surface area contributed by atoms with Gasteiger partial charge in [0.15, 0.2) is 16.7 Å². The van der Waals surface area contributed by atoms with Gasteiger partial charge in [0.1, 0.15) is 0 Å². The molecule has 4 rings (SSSR count). The number of rotatable bonds is 2. The number of nitrogens with zero attached hydrogens (tertiary/aromatic N) is 1. The van der Waals surface area contributed by atoms with Crippen molar-refractivity contribution in [3.63, 3.8) is 0 Å². The van der Waals surface area contributed by atoms with Crippen LogP contribution in [0, 0.1) is 0 Å². The van der Waals surface area contributed by atoms with E-state index in [1.165, 1.54) is 11.8 Å². The monoisotopic (exact) mass is 392 g/mol. The summed E-state index contributed by atoms with van der Waals surface area (Å²) in [6.45, 7) is 0.162. The Balaban J connectivity index is 1.63. The van der Waals surface area contributed by atoms with Crippen molar-refractivity contribution in [2.75, 3.05) is 6.79 Å². The minimum Gasteiger partial charge on any atom is -0.454 e. The van der Waals surface area contributed by atoms with Crippen LogP contribution in [0.15, 0.2) is 46.3 Å². The molecule has 0 saturated carbocycles. The number of benzene rings is 2. The topological polar surface area (TPSA) is 59.9 Å². The highest BCUT2D eigenvalue weighted by Gasteiger charge is 2.25. The molecule has 0 radical (unpaired) electrons. The molecule has 0 spiro atoms. The standard InChI is InChI=1S/C17H10Cl2N2O3S/c18-10-3-1-2-4-12(10)20-17-21-16(22)15(25-17)6-9-5-13-14(7-11(9)19)24-8-23-13/h1-7H,8H2,(H,20,21,22)/b15-6-. The number of aliphatic imine (C=N–C) groups is 1. The Morgan fingerprint density at radius 2 is 1.88 bits per heavy atom. The summed E-state index contributed by atoms with van der Waals surface area (Å²) in [4.78, 5) is 17.1. The number of carbonyl (C=O) groups excluding carboxylic acids is 1. The van der Waals surface area contributed by atoms with Crippen molar-refractivity contribution in [3.05, 3.63) is 56.9 Å². The fourth-order valence-electron chi connectivity index (χ4n) is 2.32. The Morgan fingerprint density at radius 1 is 1.12 bits per heavy atom. The van der Waals surface area contributed by atoms with Crippen LogP contribution >= 0.6 is 35.0 Å². The van der Waals surface area contributed by atoms with Crippen molar-refractivity contribution in [1.82, 2.24) is 5.32 Å². The summed E-state index contributed by atoms with van der Waals surface area (Å²) < 4.78 is 10.6. The Morgan fingerprint density at radius 3 is 2.68 bits per heavy atom. The van der Waals surface area contributed by atoms with Crippen molar-refractivity contribution in [2.45, 2.75) is 0 Å². The van der Waals surface area contributed by atoms with Crippen LogP contribution in [0.5, 0.6) is 11.5 Å². The second-order valence-corrected chi connectivity index (χ2v) is 7.01. The van der Waals surface area contributed by atoms with Crippen molar-refractivity contribution < 1.29 is 14.3 Å². The van der Waals surface area contributed by atoms with Gasteiger partial charge >= 0.3 is 0 Å². The van der Waals surface area contributed by atoms with Crippen LogP contribution < -0.4 is 14.8 Å². The smallest absolute Gasteiger partial charge is 0.264 e. The number of para-hydroxylation sites is 1. The van der Waals surface area contributed by atoms with E-state index in [4.69, 9.17) is 32.7 Å². The molecule has 2 aromatic carbocycles. The van der Waals surface area contributed by atoms with Crippen LogP contribution in [-0.2, 0) is 4.79 Å². The first-order valence-corrected chi connectivity index (χ1v) is 8.80. The highest BCUT2D eigenvalue weighted by Crippen LogP contribution is 2.39. The van der Waals surface area contributed by atoms with Crippen LogP contribution in [-0.4, -0.2) is 17.9 Å². The molecule has 8 heteroatoms. The molecule has 2 aromatic rings. The highest BCUT2D eigenvalue weighted by atomic mass is 35.5. The van der Waals surface area contributed by atoms with Crippen molar-refractivity contribution in [2.24, 2.45) is 4.99 Å². The van der Waals surface area contributed by atoms with Crippen molar-refractivity contribution >= 4 is 57.8 Å². The van der Waals surface area contributed by atoms with Gasteiger partial charge in [-0.3, -0.25) is 4.79 Å². The zero-order valence-electron chi connectivity index (χ0n) is 12.6. The predicted molar refractivity (Wildman–Crippen MR) is 99.8 cm³/mol. The molecular weight excluding hydrogens is 383 g/mol. The van der Waals surface area contributed by atoms with E-state index in [-0.39, 0.29) is 12.7 Å². The first-order chi connectivity index (χ1) is 12.1. The quantitative estimate of drug-likeness (QED) is 0.757. The van der Waals surface area contributed by atoms with Gasteiger partial charge in [-0.25, -0.2) is 4.99 Å². The lowest BCUT2D eigenvalue weighted by atomic mass is 10.2. The molecule has 0 aromatic heterocycles. The third-order valence-electron chi connectivity index (χ3n) is 3.50. The van der Waals surface area contributed by atoms with E-state index in [9.17, 15) is 4.79 Å². The lowest BCUT2D eigenvalue weighted by Crippen LogP contribution is -2.19. The number of carbonyl (C=O) groups is 1. The molecule has 0 unspecified atom stereocenters. The van der Waals surface area contributed by atoms with Crippen LogP contribution in [0.3, 0.4) is 0 Å². The molecule has 1 fully saturated rings. The molecule has 5 nitrogen and oxygen atoms in total. The normalized spacial score (nSPS) is 18.9. The second-order valence-electron chi connectivity index (χ2n) is 5.16. The Kier molecular flexibility index (Phi) is 4.33. The molecule has 1 N–H and O–H groups in total.